The smallest absolute Gasteiger partial charge is 0.237 e. The summed E-state index contributed by atoms with van der Waals surface area (Å²) in [6, 6.07) is 7.25. The van der Waals surface area contributed by atoms with E-state index in [1.54, 1.807) is 18.9 Å². The Hall–Kier alpha value is -2.94. The lowest BCUT2D eigenvalue weighted by Crippen LogP contribution is -2.56. The van der Waals surface area contributed by atoms with Gasteiger partial charge in [-0.05, 0) is 19.9 Å². The van der Waals surface area contributed by atoms with Crippen LogP contribution in [-0.2, 0) is 22.7 Å². The van der Waals surface area contributed by atoms with Crippen LogP contribution in [0.25, 0.3) is 0 Å². The highest BCUT2D eigenvalue weighted by atomic mass is 16.6. The number of ether oxygens (including phenoxy) is 1. The molecule has 1 aromatic heterocycles. The van der Waals surface area contributed by atoms with Crippen LogP contribution in [0.3, 0.4) is 0 Å². The predicted molar refractivity (Wildman–Crippen MR) is 105 cm³/mol. The standard InChI is InChI=1S/C20H27N5O4/c1-4-28-18-8-6-5-7-15(18)12-25-10-9-21-20(27)17(25)11-19(26)24(3)13-16-14(2)22-29-23-16/h5-8,17H,4,9-13H2,1-3H3,(H,21,27)/t17-/m1/s1. The van der Waals surface area contributed by atoms with E-state index in [2.05, 4.69) is 20.3 Å². The third-order valence-electron chi connectivity index (χ3n) is 5.01. The predicted octanol–water partition coefficient (Wildman–Crippen LogP) is 1.13. The average Bonchev–Trinajstić information content (AvgIpc) is 3.10. The molecule has 1 aliphatic heterocycles. The van der Waals surface area contributed by atoms with Crippen LogP contribution in [0.15, 0.2) is 28.9 Å². The first-order valence-electron chi connectivity index (χ1n) is 9.74. The maximum absolute atomic E-state index is 12.8. The van der Waals surface area contributed by atoms with Crippen molar-refractivity contribution in [2.75, 3.05) is 26.7 Å². The zero-order valence-electron chi connectivity index (χ0n) is 17.1. The van der Waals surface area contributed by atoms with Gasteiger partial charge in [-0.3, -0.25) is 14.5 Å². The maximum atomic E-state index is 12.8. The number of nitrogens with zero attached hydrogens (tertiary/aromatic N) is 4. The number of hydrogen-bond acceptors (Lipinski definition) is 7. The van der Waals surface area contributed by atoms with Crippen molar-refractivity contribution >= 4 is 11.8 Å². The molecule has 1 saturated heterocycles. The van der Waals surface area contributed by atoms with Crippen LogP contribution in [0.1, 0.15) is 30.3 Å². The van der Waals surface area contributed by atoms with Crippen LogP contribution < -0.4 is 10.1 Å². The van der Waals surface area contributed by atoms with Crippen LogP contribution in [0, 0.1) is 6.92 Å². The van der Waals surface area contributed by atoms with Gasteiger partial charge in [-0.25, -0.2) is 4.63 Å². The second-order valence-corrected chi connectivity index (χ2v) is 7.07. The summed E-state index contributed by atoms with van der Waals surface area (Å²) in [4.78, 5) is 28.9. The quantitative estimate of drug-likeness (QED) is 0.707. The largest absolute Gasteiger partial charge is 0.494 e. The topological polar surface area (TPSA) is 101 Å². The summed E-state index contributed by atoms with van der Waals surface area (Å²) in [5.74, 6) is 0.529. The van der Waals surface area contributed by atoms with Gasteiger partial charge in [0.25, 0.3) is 0 Å². The van der Waals surface area contributed by atoms with E-state index in [-0.39, 0.29) is 24.8 Å². The fourth-order valence-electron chi connectivity index (χ4n) is 3.35. The third-order valence-corrected chi connectivity index (χ3v) is 5.01. The third kappa shape index (κ3) is 5.11. The Bertz CT molecular complexity index is 853. The Morgan fingerprint density at radius 2 is 2.17 bits per heavy atom. The lowest BCUT2D eigenvalue weighted by molar-refractivity contribution is -0.138. The molecule has 1 atom stereocenters. The van der Waals surface area contributed by atoms with E-state index < -0.39 is 6.04 Å². The minimum Gasteiger partial charge on any atom is -0.494 e. The van der Waals surface area contributed by atoms with Gasteiger partial charge in [0.05, 0.1) is 25.6 Å². The summed E-state index contributed by atoms with van der Waals surface area (Å²) < 4.78 is 10.4. The number of amides is 2. The monoisotopic (exact) mass is 401 g/mol. The fourth-order valence-corrected chi connectivity index (χ4v) is 3.35. The molecule has 2 amide bonds. The average molecular weight is 401 g/mol. The van der Waals surface area contributed by atoms with Crippen LogP contribution in [-0.4, -0.2) is 64.7 Å². The fraction of sp³-hybridized carbons (Fsp3) is 0.500. The molecule has 0 aliphatic carbocycles. The highest BCUT2D eigenvalue weighted by Crippen LogP contribution is 2.22. The summed E-state index contributed by atoms with van der Waals surface area (Å²) in [5, 5.41) is 10.4. The number of carbonyl (C=O) groups is 2. The number of aromatic nitrogens is 2. The molecule has 9 nitrogen and oxygen atoms in total. The zero-order valence-corrected chi connectivity index (χ0v) is 17.1. The molecule has 1 fully saturated rings. The molecular weight excluding hydrogens is 374 g/mol. The van der Waals surface area contributed by atoms with Crippen molar-refractivity contribution in [1.29, 1.82) is 0 Å². The molecule has 0 spiro atoms. The molecule has 0 bridgehead atoms. The van der Waals surface area contributed by atoms with Gasteiger partial charge in [0.2, 0.25) is 11.8 Å². The second kappa shape index (κ2) is 9.51. The van der Waals surface area contributed by atoms with E-state index in [9.17, 15) is 9.59 Å². The minimum absolute atomic E-state index is 0.0868. The summed E-state index contributed by atoms with van der Waals surface area (Å²) in [6.07, 6.45) is 0.0868. The number of carbonyl (C=O) groups excluding carboxylic acids is 2. The second-order valence-electron chi connectivity index (χ2n) is 7.07. The molecule has 156 valence electrons. The van der Waals surface area contributed by atoms with E-state index in [0.717, 1.165) is 11.3 Å². The molecule has 0 radical (unpaired) electrons. The number of rotatable bonds is 8. The van der Waals surface area contributed by atoms with Crippen LogP contribution in [0.4, 0.5) is 0 Å². The van der Waals surface area contributed by atoms with Crippen molar-refractivity contribution < 1.29 is 19.0 Å². The number of para-hydroxylation sites is 1. The number of hydrogen-bond donors (Lipinski definition) is 1. The molecule has 3 rings (SSSR count). The zero-order chi connectivity index (χ0) is 20.8. The number of piperazine rings is 1. The molecule has 2 heterocycles. The van der Waals surface area contributed by atoms with Gasteiger partial charge >= 0.3 is 0 Å². The minimum atomic E-state index is -0.537. The van der Waals surface area contributed by atoms with Gasteiger partial charge in [0.15, 0.2) is 0 Å². The molecule has 1 aliphatic rings. The van der Waals surface area contributed by atoms with Gasteiger partial charge in [0.1, 0.15) is 17.1 Å². The molecule has 9 heteroatoms. The summed E-state index contributed by atoms with van der Waals surface area (Å²) in [7, 11) is 1.69. The normalized spacial score (nSPS) is 17.1. The molecular formula is C20H27N5O4. The van der Waals surface area contributed by atoms with E-state index in [4.69, 9.17) is 4.74 Å². The Balaban J connectivity index is 1.69. The lowest BCUT2D eigenvalue weighted by Gasteiger charge is -2.35. The Labute approximate surface area is 170 Å². The van der Waals surface area contributed by atoms with Crippen LogP contribution in [0.2, 0.25) is 0 Å². The van der Waals surface area contributed by atoms with Crippen molar-refractivity contribution in [2.24, 2.45) is 0 Å². The molecule has 1 N–H and O–H groups in total. The summed E-state index contributed by atoms with van der Waals surface area (Å²) in [5.41, 5.74) is 2.25. The van der Waals surface area contributed by atoms with E-state index in [1.807, 2.05) is 36.1 Å². The van der Waals surface area contributed by atoms with Crippen LogP contribution in [0.5, 0.6) is 5.75 Å². The van der Waals surface area contributed by atoms with Gasteiger partial charge in [0, 0.05) is 32.2 Å². The highest BCUT2D eigenvalue weighted by molar-refractivity contribution is 5.88. The van der Waals surface area contributed by atoms with Gasteiger partial charge in [-0.15, -0.1) is 0 Å². The van der Waals surface area contributed by atoms with E-state index in [1.165, 1.54) is 0 Å². The first-order valence-corrected chi connectivity index (χ1v) is 9.74. The molecule has 29 heavy (non-hydrogen) atoms. The highest BCUT2D eigenvalue weighted by Gasteiger charge is 2.33. The number of aryl methyl sites for hydroxylation is 1. The maximum Gasteiger partial charge on any atom is 0.237 e. The summed E-state index contributed by atoms with van der Waals surface area (Å²) in [6.45, 7) is 6.33. The molecule has 0 saturated carbocycles. The van der Waals surface area contributed by atoms with Crippen LogP contribution >= 0.6 is 0 Å². The van der Waals surface area contributed by atoms with Crippen molar-refractivity contribution in [3.05, 3.63) is 41.2 Å². The SMILES string of the molecule is CCOc1ccccc1CN1CCNC(=O)[C@H]1CC(=O)N(C)Cc1nonc1C. The van der Waals surface area contributed by atoms with Crippen molar-refractivity contribution in [3.63, 3.8) is 0 Å². The molecule has 2 aromatic rings. The summed E-state index contributed by atoms with van der Waals surface area (Å²) >= 11 is 0. The lowest BCUT2D eigenvalue weighted by atomic mass is 10.1. The van der Waals surface area contributed by atoms with Crippen molar-refractivity contribution in [3.8, 4) is 5.75 Å². The number of nitrogens with one attached hydrogen (secondary N) is 1. The first-order chi connectivity index (χ1) is 14.0. The van der Waals surface area contributed by atoms with Gasteiger partial charge < -0.3 is 15.0 Å². The Morgan fingerprint density at radius 3 is 2.90 bits per heavy atom. The molecule has 1 aromatic carbocycles. The van der Waals surface area contributed by atoms with E-state index >= 15 is 0 Å². The van der Waals surface area contributed by atoms with Gasteiger partial charge in [-0.1, -0.05) is 28.5 Å². The number of benzene rings is 1. The van der Waals surface area contributed by atoms with Gasteiger partial charge in [-0.2, -0.15) is 0 Å². The Kier molecular flexibility index (Phi) is 6.82. The Morgan fingerprint density at radius 1 is 1.38 bits per heavy atom. The van der Waals surface area contributed by atoms with Crippen molar-refractivity contribution in [1.82, 2.24) is 25.4 Å². The first kappa shape index (κ1) is 20.8. The van der Waals surface area contributed by atoms with Crippen molar-refractivity contribution in [2.45, 2.75) is 39.4 Å². The molecule has 0 unspecified atom stereocenters. The van der Waals surface area contributed by atoms with E-state index in [0.29, 0.717) is 37.6 Å².